The molecule has 1 heterocycles. The maximum absolute atomic E-state index is 5.45. The third-order valence-corrected chi connectivity index (χ3v) is 4.86. The maximum Gasteiger partial charge on any atom is 0.191 e. The van der Waals surface area contributed by atoms with Gasteiger partial charge in [0, 0.05) is 39.3 Å². The minimum Gasteiger partial charge on any atom is -0.377 e. The van der Waals surface area contributed by atoms with Crippen LogP contribution in [0.4, 0.5) is 0 Å². The fourth-order valence-corrected chi connectivity index (χ4v) is 2.94. The van der Waals surface area contributed by atoms with E-state index in [0.717, 1.165) is 38.6 Å². The third-order valence-electron chi connectivity index (χ3n) is 4.86. The van der Waals surface area contributed by atoms with Gasteiger partial charge in [-0.05, 0) is 45.2 Å². The molecular weight excluding hydrogens is 312 g/mol. The van der Waals surface area contributed by atoms with Crippen LogP contribution in [0.5, 0.6) is 0 Å². The summed E-state index contributed by atoms with van der Waals surface area (Å²) in [7, 11) is 1.73. The van der Waals surface area contributed by atoms with Crippen molar-refractivity contribution >= 4 is 5.96 Å². The van der Waals surface area contributed by atoms with E-state index in [1.54, 1.807) is 7.11 Å². The summed E-state index contributed by atoms with van der Waals surface area (Å²) in [6.45, 7) is 13.0. The number of guanidine groups is 1. The molecule has 0 spiro atoms. The van der Waals surface area contributed by atoms with Crippen molar-refractivity contribution in [3.8, 4) is 0 Å². The van der Waals surface area contributed by atoms with Gasteiger partial charge >= 0.3 is 0 Å². The van der Waals surface area contributed by atoms with Crippen molar-refractivity contribution in [2.45, 2.75) is 52.3 Å². The number of hydrogen-bond donors (Lipinski definition) is 2. The number of nitrogens with zero attached hydrogens (tertiary/aromatic N) is 2. The molecule has 0 saturated carbocycles. The molecule has 1 aliphatic rings. The van der Waals surface area contributed by atoms with Gasteiger partial charge in [-0.15, -0.1) is 0 Å². The Labute approximate surface area is 152 Å². The average Bonchev–Trinajstić information content (AvgIpc) is 2.63. The molecule has 0 amide bonds. The van der Waals surface area contributed by atoms with Gasteiger partial charge in [0.05, 0.1) is 12.1 Å². The molecule has 0 radical (unpaired) electrons. The van der Waals surface area contributed by atoms with Crippen molar-refractivity contribution in [2.75, 3.05) is 33.3 Å². The smallest absolute Gasteiger partial charge is 0.191 e. The van der Waals surface area contributed by atoms with Crippen molar-refractivity contribution in [2.24, 2.45) is 4.99 Å². The van der Waals surface area contributed by atoms with Crippen molar-refractivity contribution in [3.63, 3.8) is 0 Å². The summed E-state index contributed by atoms with van der Waals surface area (Å²) in [6, 6.07) is 9.23. The highest BCUT2D eigenvalue weighted by molar-refractivity contribution is 5.79. The Balaban J connectivity index is 1.88. The van der Waals surface area contributed by atoms with E-state index in [2.05, 4.69) is 58.6 Å². The number of nitrogens with one attached hydrogen (secondary N) is 2. The molecule has 2 rings (SSSR count). The van der Waals surface area contributed by atoms with Gasteiger partial charge in [-0.25, -0.2) is 0 Å². The van der Waals surface area contributed by atoms with E-state index < -0.39 is 0 Å². The van der Waals surface area contributed by atoms with Gasteiger partial charge in [-0.2, -0.15) is 0 Å². The highest BCUT2D eigenvalue weighted by Crippen LogP contribution is 2.19. The summed E-state index contributed by atoms with van der Waals surface area (Å²) in [5, 5.41) is 6.80. The van der Waals surface area contributed by atoms with E-state index in [0.29, 0.717) is 12.6 Å². The molecule has 25 heavy (non-hydrogen) atoms. The van der Waals surface area contributed by atoms with Crippen molar-refractivity contribution in [3.05, 3.63) is 35.4 Å². The zero-order valence-electron chi connectivity index (χ0n) is 16.4. The molecule has 0 saturated heterocycles. The number of hydrogen-bond acceptors (Lipinski definition) is 3. The maximum atomic E-state index is 5.45. The van der Waals surface area contributed by atoms with Crippen LogP contribution in [-0.2, 0) is 17.7 Å². The van der Waals surface area contributed by atoms with E-state index in [9.17, 15) is 0 Å². The first-order valence-corrected chi connectivity index (χ1v) is 9.33. The SMILES string of the molecule is CCNC(=NCC(C)(C)OC)NCC(C)N1CCc2ccccc2C1. The molecule has 140 valence electrons. The number of ether oxygens (including phenoxy) is 1. The third kappa shape index (κ3) is 6.01. The predicted octanol–water partition coefficient (Wildman–Crippen LogP) is 2.41. The van der Waals surface area contributed by atoms with Crippen LogP contribution in [0.1, 0.15) is 38.8 Å². The molecule has 1 atom stereocenters. The lowest BCUT2D eigenvalue weighted by Crippen LogP contribution is -2.47. The molecule has 1 unspecified atom stereocenters. The lowest BCUT2D eigenvalue weighted by atomic mass is 9.99. The van der Waals surface area contributed by atoms with E-state index in [1.807, 2.05) is 13.8 Å². The van der Waals surface area contributed by atoms with Gasteiger partial charge in [0.15, 0.2) is 5.96 Å². The average molecular weight is 347 g/mol. The molecule has 1 aromatic rings. The molecular formula is C20H34N4O. The summed E-state index contributed by atoms with van der Waals surface area (Å²) in [5.41, 5.74) is 2.71. The monoisotopic (exact) mass is 346 g/mol. The van der Waals surface area contributed by atoms with Gasteiger partial charge in [-0.3, -0.25) is 9.89 Å². The van der Waals surface area contributed by atoms with E-state index in [-0.39, 0.29) is 5.60 Å². The number of methoxy groups -OCH3 is 1. The van der Waals surface area contributed by atoms with Crippen LogP contribution >= 0.6 is 0 Å². The van der Waals surface area contributed by atoms with Crippen LogP contribution in [0.15, 0.2) is 29.3 Å². The Hall–Kier alpha value is -1.59. The van der Waals surface area contributed by atoms with Gasteiger partial charge in [0.1, 0.15) is 0 Å². The summed E-state index contributed by atoms with van der Waals surface area (Å²) in [4.78, 5) is 7.20. The van der Waals surface area contributed by atoms with Gasteiger partial charge in [0.2, 0.25) is 0 Å². The Kier molecular flexibility index (Phi) is 7.26. The highest BCUT2D eigenvalue weighted by Gasteiger charge is 2.21. The molecule has 0 aromatic heterocycles. The van der Waals surface area contributed by atoms with E-state index >= 15 is 0 Å². The second-order valence-electron chi connectivity index (χ2n) is 7.38. The zero-order valence-corrected chi connectivity index (χ0v) is 16.4. The van der Waals surface area contributed by atoms with E-state index in [4.69, 9.17) is 4.74 Å². The van der Waals surface area contributed by atoms with Gasteiger partial charge in [0.25, 0.3) is 0 Å². The summed E-state index contributed by atoms with van der Waals surface area (Å²) >= 11 is 0. The second kappa shape index (κ2) is 9.20. The van der Waals surface area contributed by atoms with Crippen LogP contribution < -0.4 is 10.6 Å². The summed E-state index contributed by atoms with van der Waals surface area (Å²) < 4.78 is 5.45. The van der Waals surface area contributed by atoms with Crippen LogP contribution in [0.3, 0.4) is 0 Å². The Morgan fingerprint density at radius 1 is 1.28 bits per heavy atom. The first-order chi connectivity index (χ1) is 11.9. The van der Waals surface area contributed by atoms with E-state index in [1.165, 1.54) is 11.1 Å². The summed E-state index contributed by atoms with van der Waals surface area (Å²) in [6.07, 6.45) is 1.14. The van der Waals surface area contributed by atoms with Crippen molar-refractivity contribution in [1.82, 2.24) is 15.5 Å². The number of aliphatic imine (C=N–C) groups is 1. The molecule has 2 N–H and O–H groups in total. The molecule has 0 bridgehead atoms. The largest absolute Gasteiger partial charge is 0.377 e. The minimum absolute atomic E-state index is 0.245. The summed E-state index contributed by atoms with van der Waals surface area (Å²) in [5.74, 6) is 0.858. The highest BCUT2D eigenvalue weighted by atomic mass is 16.5. The Bertz CT molecular complexity index is 571. The number of fused-ring (bicyclic) bond motifs is 1. The van der Waals surface area contributed by atoms with Crippen molar-refractivity contribution < 1.29 is 4.74 Å². The number of benzene rings is 1. The molecule has 1 aliphatic heterocycles. The molecule has 1 aromatic carbocycles. The molecule has 0 fully saturated rings. The quantitative estimate of drug-likeness (QED) is 0.588. The molecule has 0 aliphatic carbocycles. The van der Waals surface area contributed by atoms with Gasteiger partial charge < -0.3 is 15.4 Å². The van der Waals surface area contributed by atoms with Crippen LogP contribution in [0.2, 0.25) is 0 Å². The molecule has 5 nitrogen and oxygen atoms in total. The zero-order chi connectivity index (χ0) is 18.3. The first-order valence-electron chi connectivity index (χ1n) is 9.33. The fraction of sp³-hybridized carbons (Fsp3) is 0.650. The Morgan fingerprint density at radius 3 is 2.68 bits per heavy atom. The fourth-order valence-electron chi connectivity index (χ4n) is 2.94. The minimum atomic E-state index is -0.245. The first kappa shape index (κ1) is 19.7. The molecule has 5 heteroatoms. The van der Waals surface area contributed by atoms with Crippen LogP contribution in [0.25, 0.3) is 0 Å². The number of rotatable bonds is 7. The second-order valence-corrected chi connectivity index (χ2v) is 7.38. The standard InChI is InChI=1S/C20H34N4O/c1-6-21-19(23-15-20(3,4)25-5)22-13-16(2)24-12-11-17-9-7-8-10-18(17)14-24/h7-10,16H,6,11-15H2,1-5H3,(H2,21,22,23). The topological polar surface area (TPSA) is 48.9 Å². The lowest BCUT2D eigenvalue weighted by molar-refractivity contribution is 0.0310. The van der Waals surface area contributed by atoms with Crippen molar-refractivity contribution in [1.29, 1.82) is 0 Å². The Morgan fingerprint density at radius 2 is 2.00 bits per heavy atom. The predicted molar refractivity (Wildman–Crippen MR) is 105 cm³/mol. The van der Waals surface area contributed by atoms with Crippen LogP contribution in [-0.4, -0.2) is 55.8 Å². The lowest BCUT2D eigenvalue weighted by Gasteiger charge is -2.34. The normalized spacial score (nSPS) is 17.1. The van der Waals surface area contributed by atoms with Crippen LogP contribution in [0, 0.1) is 0 Å². The van der Waals surface area contributed by atoms with Gasteiger partial charge in [-0.1, -0.05) is 24.3 Å².